The third kappa shape index (κ3) is 4.97. The second kappa shape index (κ2) is 7.07. The molecule has 0 saturated carbocycles. The third-order valence-corrected chi connectivity index (χ3v) is 4.52. The van der Waals surface area contributed by atoms with Gasteiger partial charge in [0.25, 0.3) is 10.0 Å². The fraction of sp³-hybridized carbons (Fsp3) is 0.692. The van der Waals surface area contributed by atoms with Crippen LogP contribution in [-0.4, -0.2) is 21.5 Å². The number of sulfonamides is 1. The molecule has 0 bridgehead atoms. The summed E-state index contributed by atoms with van der Waals surface area (Å²) in [6.07, 6.45) is 1.86. The van der Waals surface area contributed by atoms with Gasteiger partial charge in [0, 0.05) is 6.04 Å². The van der Waals surface area contributed by atoms with Gasteiger partial charge < -0.3 is 9.73 Å². The molecule has 2 unspecified atom stereocenters. The lowest BCUT2D eigenvalue weighted by Crippen LogP contribution is -2.33. The largest absolute Gasteiger partial charge is 0.447 e. The maximum atomic E-state index is 12.1. The molecule has 6 heteroatoms. The van der Waals surface area contributed by atoms with Gasteiger partial charge in [-0.15, -0.1) is 0 Å². The van der Waals surface area contributed by atoms with E-state index in [-0.39, 0.29) is 11.1 Å². The van der Waals surface area contributed by atoms with Crippen molar-refractivity contribution in [1.29, 1.82) is 0 Å². The van der Waals surface area contributed by atoms with Gasteiger partial charge in [0.05, 0.1) is 6.54 Å². The molecular formula is C13H24N2O3S. The first kappa shape index (κ1) is 16.2. The molecule has 5 nitrogen and oxygen atoms in total. The molecule has 1 rings (SSSR count). The second-order valence-electron chi connectivity index (χ2n) is 5.02. The summed E-state index contributed by atoms with van der Waals surface area (Å²) in [5.74, 6) is 1.10. The quantitative estimate of drug-likeness (QED) is 0.768. The summed E-state index contributed by atoms with van der Waals surface area (Å²) in [4.78, 5) is 0. The van der Waals surface area contributed by atoms with Gasteiger partial charge in [-0.3, -0.25) is 0 Å². The van der Waals surface area contributed by atoms with Crippen LogP contribution in [0.5, 0.6) is 0 Å². The lowest BCUT2D eigenvalue weighted by Gasteiger charge is -2.16. The molecule has 1 aromatic heterocycles. The number of nitrogens with one attached hydrogen (secondary N) is 2. The molecule has 0 aliphatic rings. The lowest BCUT2D eigenvalue weighted by atomic mass is 10.0. The molecule has 19 heavy (non-hydrogen) atoms. The van der Waals surface area contributed by atoms with Gasteiger partial charge in [-0.25, -0.2) is 13.1 Å². The molecule has 1 aromatic rings. The predicted molar refractivity (Wildman–Crippen MR) is 75.3 cm³/mol. The second-order valence-corrected chi connectivity index (χ2v) is 6.67. The number of furan rings is 1. The standard InChI is InChI=1S/C13H24N2O3S/c1-5-10(2)8-11(3)15-19(16,17)13-7-6-12(18-13)9-14-4/h6-7,10-11,14-15H,5,8-9H2,1-4H3. The molecule has 0 saturated heterocycles. The summed E-state index contributed by atoms with van der Waals surface area (Å²) in [6, 6.07) is 3.06. The molecule has 1 heterocycles. The van der Waals surface area contributed by atoms with E-state index in [2.05, 4.69) is 23.9 Å². The van der Waals surface area contributed by atoms with Gasteiger partial charge in [-0.2, -0.15) is 0 Å². The van der Waals surface area contributed by atoms with Crippen LogP contribution < -0.4 is 10.0 Å². The minimum atomic E-state index is -3.56. The van der Waals surface area contributed by atoms with Crippen LogP contribution in [0.1, 0.15) is 39.4 Å². The predicted octanol–water partition coefficient (Wildman–Crippen LogP) is 2.10. The van der Waals surface area contributed by atoms with Gasteiger partial charge in [-0.1, -0.05) is 20.3 Å². The van der Waals surface area contributed by atoms with Crippen LogP contribution >= 0.6 is 0 Å². The molecule has 2 N–H and O–H groups in total. The maximum absolute atomic E-state index is 12.1. The normalized spacial score (nSPS) is 15.4. The van der Waals surface area contributed by atoms with Crippen LogP contribution in [0.4, 0.5) is 0 Å². The summed E-state index contributed by atoms with van der Waals surface area (Å²) < 4.78 is 32.2. The van der Waals surface area contributed by atoms with E-state index in [1.54, 1.807) is 13.1 Å². The fourth-order valence-corrected chi connectivity index (χ4v) is 3.12. The zero-order valence-corrected chi connectivity index (χ0v) is 12.9. The van der Waals surface area contributed by atoms with Crippen molar-refractivity contribution in [2.24, 2.45) is 5.92 Å². The van der Waals surface area contributed by atoms with E-state index in [1.165, 1.54) is 6.07 Å². The Morgan fingerprint density at radius 2 is 2.00 bits per heavy atom. The topological polar surface area (TPSA) is 71.3 Å². The highest BCUT2D eigenvalue weighted by Crippen LogP contribution is 2.16. The maximum Gasteiger partial charge on any atom is 0.274 e. The highest BCUT2D eigenvalue weighted by Gasteiger charge is 2.21. The highest BCUT2D eigenvalue weighted by atomic mass is 32.2. The molecule has 110 valence electrons. The Balaban J connectivity index is 2.69. The minimum absolute atomic E-state index is 0.0197. The molecule has 0 amide bonds. The van der Waals surface area contributed by atoms with Gasteiger partial charge in [0.15, 0.2) is 0 Å². The number of hydrogen-bond acceptors (Lipinski definition) is 4. The average molecular weight is 288 g/mol. The third-order valence-electron chi connectivity index (χ3n) is 3.06. The van der Waals surface area contributed by atoms with E-state index < -0.39 is 10.0 Å². The van der Waals surface area contributed by atoms with Crippen molar-refractivity contribution < 1.29 is 12.8 Å². The summed E-state index contributed by atoms with van der Waals surface area (Å²) in [5, 5.41) is 2.89. The van der Waals surface area contributed by atoms with Crippen molar-refractivity contribution in [3.05, 3.63) is 17.9 Å². The summed E-state index contributed by atoms with van der Waals surface area (Å²) in [5.41, 5.74) is 0. The van der Waals surface area contributed by atoms with Crippen molar-refractivity contribution in [3.8, 4) is 0 Å². The fourth-order valence-electron chi connectivity index (χ4n) is 1.91. The van der Waals surface area contributed by atoms with Crippen molar-refractivity contribution >= 4 is 10.0 Å². The van der Waals surface area contributed by atoms with E-state index in [9.17, 15) is 8.42 Å². The molecule has 2 atom stereocenters. The SMILES string of the molecule is CCC(C)CC(C)NS(=O)(=O)c1ccc(CNC)o1. The van der Waals surface area contributed by atoms with Crippen molar-refractivity contribution in [3.63, 3.8) is 0 Å². The van der Waals surface area contributed by atoms with E-state index in [1.807, 2.05) is 6.92 Å². The Labute approximate surface area is 115 Å². The van der Waals surface area contributed by atoms with Crippen LogP contribution in [0.2, 0.25) is 0 Å². The zero-order valence-electron chi connectivity index (χ0n) is 12.1. The van der Waals surface area contributed by atoms with Crippen LogP contribution in [0.15, 0.2) is 21.6 Å². The molecule has 0 fully saturated rings. The van der Waals surface area contributed by atoms with Gasteiger partial charge >= 0.3 is 0 Å². The van der Waals surface area contributed by atoms with Crippen molar-refractivity contribution in [2.75, 3.05) is 7.05 Å². The summed E-state index contributed by atoms with van der Waals surface area (Å²) in [7, 11) is -1.77. The Morgan fingerprint density at radius 3 is 2.58 bits per heavy atom. The summed E-state index contributed by atoms with van der Waals surface area (Å²) >= 11 is 0. The van der Waals surface area contributed by atoms with Gasteiger partial charge in [-0.05, 0) is 38.4 Å². The van der Waals surface area contributed by atoms with Gasteiger partial charge in [0.1, 0.15) is 5.76 Å². The van der Waals surface area contributed by atoms with Crippen molar-refractivity contribution in [2.45, 2.75) is 51.3 Å². The van der Waals surface area contributed by atoms with E-state index in [4.69, 9.17) is 4.42 Å². The molecule has 0 spiro atoms. The Kier molecular flexibility index (Phi) is 6.03. The number of hydrogen-bond donors (Lipinski definition) is 2. The van der Waals surface area contributed by atoms with Crippen molar-refractivity contribution in [1.82, 2.24) is 10.0 Å². The van der Waals surface area contributed by atoms with Crippen LogP contribution in [0.25, 0.3) is 0 Å². The van der Waals surface area contributed by atoms with Crippen LogP contribution in [0.3, 0.4) is 0 Å². The first-order valence-electron chi connectivity index (χ1n) is 6.64. The van der Waals surface area contributed by atoms with Crippen LogP contribution in [0, 0.1) is 5.92 Å². The molecule has 0 aromatic carbocycles. The average Bonchev–Trinajstić information content (AvgIpc) is 2.78. The molecule has 0 aliphatic carbocycles. The molecular weight excluding hydrogens is 264 g/mol. The molecule has 0 aliphatic heterocycles. The van der Waals surface area contributed by atoms with Crippen LogP contribution in [-0.2, 0) is 16.6 Å². The van der Waals surface area contributed by atoms with E-state index in [0.717, 1.165) is 12.8 Å². The lowest BCUT2D eigenvalue weighted by molar-refractivity contribution is 0.396. The smallest absolute Gasteiger partial charge is 0.274 e. The summed E-state index contributed by atoms with van der Waals surface area (Å²) in [6.45, 7) is 6.60. The monoisotopic (exact) mass is 288 g/mol. The molecule has 0 radical (unpaired) electrons. The zero-order chi connectivity index (χ0) is 14.5. The Bertz CT molecular complexity index is 482. The first-order valence-corrected chi connectivity index (χ1v) is 8.13. The van der Waals surface area contributed by atoms with E-state index >= 15 is 0 Å². The first-order chi connectivity index (χ1) is 8.89. The van der Waals surface area contributed by atoms with Gasteiger partial charge in [0.2, 0.25) is 5.09 Å². The minimum Gasteiger partial charge on any atom is -0.447 e. The Hall–Kier alpha value is -0.850. The number of rotatable bonds is 8. The van der Waals surface area contributed by atoms with E-state index in [0.29, 0.717) is 18.2 Å². The Morgan fingerprint density at radius 1 is 1.32 bits per heavy atom. The highest BCUT2D eigenvalue weighted by molar-refractivity contribution is 7.89.